The second kappa shape index (κ2) is 9.31. The van der Waals surface area contributed by atoms with E-state index >= 15 is 0 Å². The summed E-state index contributed by atoms with van der Waals surface area (Å²) in [6, 6.07) is 5.29. The van der Waals surface area contributed by atoms with E-state index in [9.17, 15) is 13.2 Å². The highest BCUT2D eigenvalue weighted by molar-refractivity contribution is 7.85. The molecule has 0 radical (unpaired) electrons. The first-order valence-corrected chi connectivity index (χ1v) is 6.47. The lowest BCUT2D eigenvalue weighted by Crippen LogP contribution is -1.97. The highest BCUT2D eigenvalue weighted by Gasteiger charge is 2.06. The van der Waals surface area contributed by atoms with Crippen molar-refractivity contribution < 1.29 is 27.7 Å². The lowest BCUT2D eigenvalue weighted by Gasteiger charge is -1.95. The summed E-state index contributed by atoms with van der Waals surface area (Å²) < 4.78 is 29.4. The van der Waals surface area contributed by atoms with E-state index in [2.05, 4.69) is 11.6 Å². The van der Waals surface area contributed by atoms with E-state index in [1.165, 1.54) is 31.2 Å². The maximum Gasteiger partial charge on any atom is 0.300 e. The maximum absolute atomic E-state index is 10.5. The lowest BCUT2D eigenvalue weighted by molar-refractivity contribution is -0.134. The van der Waals surface area contributed by atoms with Gasteiger partial charge < -0.3 is 10.8 Å². The molecule has 0 fully saturated rings. The molecule has 0 aliphatic heterocycles. The van der Waals surface area contributed by atoms with E-state index in [-0.39, 0.29) is 10.1 Å². The largest absolute Gasteiger partial charge is 0.481 e. The van der Waals surface area contributed by atoms with Crippen LogP contribution in [0.4, 0.5) is 5.69 Å². The van der Waals surface area contributed by atoms with Gasteiger partial charge in [-0.05, 0) is 35.9 Å². The predicted molar refractivity (Wildman–Crippen MR) is 70.5 cm³/mol. The van der Waals surface area contributed by atoms with Gasteiger partial charge in [-0.25, -0.2) is 0 Å². The summed E-state index contributed by atoms with van der Waals surface area (Å²) in [5, 5.41) is 7.06. The fourth-order valence-corrected chi connectivity index (χ4v) is 1.12. The highest BCUT2D eigenvalue weighted by Crippen LogP contribution is 2.10. The van der Waals surface area contributed by atoms with Crippen LogP contribution in [0.2, 0.25) is 0 Å². The minimum Gasteiger partial charge on any atom is -0.481 e. The molecule has 0 bridgehead atoms. The summed E-state index contributed by atoms with van der Waals surface area (Å²) in [5.41, 5.74) is 5.75. The number of carbonyl (C=O) groups is 2. The zero-order chi connectivity index (χ0) is 15.6. The second-order valence-corrected chi connectivity index (χ2v) is 4.99. The SMILES string of the molecule is CC(=O)Cl.CC(=O)O.Nc1ccc(S(=O)(=O)O)cc1. The van der Waals surface area contributed by atoms with Crippen LogP contribution >= 0.6 is 11.6 Å². The van der Waals surface area contributed by atoms with Crippen molar-refractivity contribution in [2.24, 2.45) is 0 Å². The Kier molecular flexibility index (Phi) is 9.65. The molecule has 108 valence electrons. The monoisotopic (exact) mass is 311 g/mol. The highest BCUT2D eigenvalue weighted by atomic mass is 35.5. The van der Waals surface area contributed by atoms with E-state index in [1.54, 1.807) is 0 Å². The van der Waals surface area contributed by atoms with Crippen molar-refractivity contribution in [3.8, 4) is 0 Å². The maximum atomic E-state index is 10.5. The van der Waals surface area contributed by atoms with E-state index < -0.39 is 16.1 Å². The Labute approximate surface area is 115 Å². The molecule has 0 unspecified atom stereocenters. The number of nitrogen functional groups attached to an aromatic ring is 1. The van der Waals surface area contributed by atoms with Crippen LogP contribution in [-0.4, -0.2) is 29.3 Å². The van der Waals surface area contributed by atoms with Crippen molar-refractivity contribution >= 4 is 38.6 Å². The van der Waals surface area contributed by atoms with Crippen LogP contribution in [0.1, 0.15) is 13.8 Å². The normalized spacial score (nSPS) is 9.26. The van der Waals surface area contributed by atoms with Crippen LogP contribution < -0.4 is 5.73 Å². The Morgan fingerprint density at radius 1 is 1.16 bits per heavy atom. The quantitative estimate of drug-likeness (QED) is 0.405. The first-order chi connectivity index (χ1) is 8.46. The first kappa shape index (κ1) is 19.7. The zero-order valence-corrected chi connectivity index (χ0v) is 11.8. The Hall–Kier alpha value is -1.64. The fraction of sp³-hybridized carbons (Fsp3) is 0.200. The van der Waals surface area contributed by atoms with Gasteiger partial charge in [0.25, 0.3) is 16.1 Å². The standard InChI is InChI=1S/C6H7NO3S.C2H3ClO.C2H4O2/c7-5-1-3-6(4-2-5)11(8,9)10;2*1-2(3)4/h1-4H,7H2,(H,8,9,10);1H3;1H3,(H,3,4). The van der Waals surface area contributed by atoms with Gasteiger partial charge in [0.1, 0.15) is 0 Å². The van der Waals surface area contributed by atoms with Gasteiger partial charge in [-0.3, -0.25) is 14.1 Å². The average Bonchev–Trinajstić information content (AvgIpc) is 2.14. The number of nitrogens with two attached hydrogens (primary N) is 1. The molecule has 0 heterocycles. The molecule has 0 saturated carbocycles. The van der Waals surface area contributed by atoms with Crippen LogP contribution in [0.15, 0.2) is 29.2 Å². The van der Waals surface area contributed by atoms with Gasteiger partial charge in [-0.2, -0.15) is 8.42 Å². The number of carbonyl (C=O) groups excluding carboxylic acids is 1. The minimum absolute atomic E-state index is 0.147. The van der Waals surface area contributed by atoms with Crippen molar-refractivity contribution in [3.05, 3.63) is 24.3 Å². The molecule has 9 heteroatoms. The van der Waals surface area contributed by atoms with Gasteiger partial charge in [-0.15, -0.1) is 0 Å². The van der Waals surface area contributed by atoms with Crippen molar-refractivity contribution in [1.29, 1.82) is 0 Å². The molecule has 0 aromatic heterocycles. The molecule has 19 heavy (non-hydrogen) atoms. The molecule has 1 rings (SSSR count). The van der Waals surface area contributed by atoms with Gasteiger partial charge >= 0.3 is 0 Å². The van der Waals surface area contributed by atoms with Crippen LogP contribution in [0.25, 0.3) is 0 Å². The predicted octanol–water partition coefficient (Wildman–Crippen LogP) is 1.38. The number of benzene rings is 1. The molecular formula is C10H14ClNO6S. The number of anilines is 1. The summed E-state index contributed by atoms with van der Waals surface area (Å²) in [4.78, 5) is 18.1. The molecule has 7 nitrogen and oxygen atoms in total. The van der Waals surface area contributed by atoms with Crippen LogP contribution in [0.5, 0.6) is 0 Å². The third-order valence-electron chi connectivity index (χ3n) is 1.18. The Morgan fingerprint density at radius 2 is 1.42 bits per heavy atom. The number of carboxylic acid groups (broad SMARTS) is 1. The zero-order valence-electron chi connectivity index (χ0n) is 10.2. The number of hydrogen-bond acceptors (Lipinski definition) is 5. The number of carboxylic acids is 1. The molecule has 4 N–H and O–H groups in total. The number of hydrogen-bond donors (Lipinski definition) is 3. The number of rotatable bonds is 1. The molecule has 0 amide bonds. The van der Waals surface area contributed by atoms with Crippen molar-refractivity contribution in [3.63, 3.8) is 0 Å². The van der Waals surface area contributed by atoms with Crippen LogP contribution in [0, 0.1) is 0 Å². The molecule has 1 aromatic rings. The summed E-state index contributed by atoms with van der Waals surface area (Å²) >= 11 is 4.64. The first-order valence-electron chi connectivity index (χ1n) is 4.65. The molecule has 0 atom stereocenters. The molecule has 0 aliphatic carbocycles. The van der Waals surface area contributed by atoms with Crippen LogP contribution in [0.3, 0.4) is 0 Å². The van der Waals surface area contributed by atoms with Gasteiger partial charge in [-0.1, -0.05) is 0 Å². The van der Waals surface area contributed by atoms with Crippen molar-refractivity contribution in [2.45, 2.75) is 18.7 Å². The van der Waals surface area contributed by atoms with Gasteiger partial charge in [0, 0.05) is 19.5 Å². The van der Waals surface area contributed by atoms with Gasteiger partial charge in [0.05, 0.1) is 4.90 Å². The van der Waals surface area contributed by atoms with Crippen LogP contribution in [-0.2, 0) is 19.7 Å². The summed E-state index contributed by atoms with van der Waals surface area (Å²) in [6.45, 7) is 2.38. The topological polar surface area (TPSA) is 135 Å². The molecule has 0 aliphatic rings. The minimum atomic E-state index is -4.08. The lowest BCUT2D eigenvalue weighted by atomic mass is 10.3. The molecule has 0 saturated heterocycles. The second-order valence-electron chi connectivity index (χ2n) is 3.03. The van der Waals surface area contributed by atoms with E-state index in [0.29, 0.717) is 5.69 Å². The Balaban J connectivity index is 0. The van der Waals surface area contributed by atoms with Gasteiger partial charge in [0.2, 0.25) is 5.24 Å². The molecule has 1 aromatic carbocycles. The Bertz CT molecular complexity index is 491. The summed E-state index contributed by atoms with van der Waals surface area (Å²) in [6.07, 6.45) is 0. The third kappa shape index (κ3) is 16.4. The smallest absolute Gasteiger partial charge is 0.300 e. The fourth-order valence-electron chi connectivity index (χ4n) is 0.640. The summed E-state index contributed by atoms with van der Waals surface area (Å²) in [5.74, 6) is -0.833. The van der Waals surface area contributed by atoms with E-state index in [1.807, 2.05) is 0 Å². The van der Waals surface area contributed by atoms with Crippen molar-refractivity contribution in [1.82, 2.24) is 0 Å². The third-order valence-corrected chi connectivity index (χ3v) is 2.05. The Morgan fingerprint density at radius 3 is 1.63 bits per heavy atom. The van der Waals surface area contributed by atoms with Gasteiger partial charge in [0.15, 0.2) is 0 Å². The summed E-state index contributed by atoms with van der Waals surface area (Å²) in [7, 11) is -4.08. The average molecular weight is 312 g/mol. The van der Waals surface area contributed by atoms with Crippen molar-refractivity contribution in [2.75, 3.05) is 5.73 Å². The number of aliphatic carboxylic acids is 1. The van der Waals surface area contributed by atoms with E-state index in [4.69, 9.17) is 20.2 Å². The number of halogens is 1. The van der Waals surface area contributed by atoms with E-state index in [0.717, 1.165) is 6.92 Å². The molecule has 0 spiro atoms. The molecular weight excluding hydrogens is 298 g/mol.